The fourth-order valence-electron chi connectivity index (χ4n) is 7.20. The molecule has 2 aliphatic rings. The van der Waals surface area contributed by atoms with Gasteiger partial charge >= 0.3 is 5.97 Å². The van der Waals surface area contributed by atoms with Crippen molar-refractivity contribution in [1.82, 2.24) is 30.5 Å². The van der Waals surface area contributed by atoms with Crippen LogP contribution >= 0.6 is 0 Å². The van der Waals surface area contributed by atoms with Gasteiger partial charge in [-0.15, -0.1) is 0 Å². The maximum Gasteiger partial charge on any atom is 0.328 e. The van der Waals surface area contributed by atoms with Crippen molar-refractivity contribution in [3.8, 4) is 45.8 Å². The van der Waals surface area contributed by atoms with Crippen molar-refractivity contribution in [2.45, 2.75) is 37.5 Å². The van der Waals surface area contributed by atoms with Crippen LogP contribution in [0.5, 0.6) is 23.0 Å². The number of ether oxygens (including phenoxy) is 4. The zero-order valence-electron chi connectivity index (χ0n) is 37.6. The predicted octanol–water partition coefficient (Wildman–Crippen LogP) is 7.63. The molecule has 8 rings (SSSR count). The summed E-state index contributed by atoms with van der Waals surface area (Å²) in [5.41, 5.74) is 2.67. The van der Waals surface area contributed by atoms with E-state index in [4.69, 9.17) is 33.1 Å². The predicted molar refractivity (Wildman–Crippen MR) is 247 cm³/mol. The number of carbonyl (C=O) groups excluding carboxylic acids is 3. The molecule has 0 spiro atoms. The molecule has 0 radical (unpaired) electrons. The van der Waals surface area contributed by atoms with Gasteiger partial charge in [0.2, 0.25) is 29.3 Å². The SMILES string of the molecule is COc1ccc(-c2noc(C3CCN(C(=O)/C=C/C(=O)c4ccccc4)CC3)n2)cc1OC.COc1ccc(-c2noc(C3CCNCC3)n2)cc1OC.O=C(O)/C=C/C(=O)c1ccccc1. The largest absolute Gasteiger partial charge is 0.493 e. The lowest BCUT2D eigenvalue weighted by Crippen LogP contribution is -2.37. The van der Waals surface area contributed by atoms with E-state index in [1.807, 2.05) is 30.3 Å². The number of nitrogens with one attached hydrogen (secondary N) is 1. The van der Waals surface area contributed by atoms with E-state index in [0.29, 0.717) is 83.5 Å². The number of ketones is 2. The quantitative estimate of drug-likeness (QED) is 0.0793. The van der Waals surface area contributed by atoms with Crippen LogP contribution in [0.2, 0.25) is 0 Å². The molecule has 2 aromatic heterocycles. The summed E-state index contributed by atoms with van der Waals surface area (Å²) >= 11 is 0. The van der Waals surface area contributed by atoms with Gasteiger partial charge in [-0.1, -0.05) is 71.0 Å². The lowest BCUT2D eigenvalue weighted by molar-refractivity contribution is -0.131. The van der Waals surface area contributed by atoms with Gasteiger partial charge in [0, 0.05) is 59.3 Å². The van der Waals surface area contributed by atoms with E-state index in [-0.39, 0.29) is 23.4 Å². The highest BCUT2D eigenvalue weighted by Crippen LogP contribution is 2.34. The van der Waals surface area contributed by atoms with Gasteiger partial charge in [0.15, 0.2) is 34.6 Å². The summed E-state index contributed by atoms with van der Waals surface area (Å²) in [6.45, 7) is 3.11. The molecule has 6 aromatic rings. The van der Waals surface area contributed by atoms with E-state index in [1.165, 1.54) is 12.2 Å². The molecule has 2 fully saturated rings. The molecule has 4 heterocycles. The van der Waals surface area contributed by atoms with E-state index in [9.17, 15) is 19.2 Å². The minimum atomic E-state index is -1.12. The average molecular weight is 913 g/mol. The van der Waals surface area contributed by atoms with Gasteiger partial charge in [0.1, 0.15) is 0 Å². The molecule has 2 saturated heterocycles. The van der Waals surface area contributed by atoms with Crippen LogP contribution in [0.3, 0.4) is 0 Å². The first kappa shape index (κ1) is 48.5. The molecular formula is C50H52N6O11. The van der Waals surface area contributed by atoms with Gasteiger partial charge in [0.25, 0.3) is 0 Å². The number of methoxy groups -OCH3 is 4. The third kappa shape index (κ3) is 13.6. The number of nitrogens with zero attached hydrogens (tertiary/aromatic N) is 5. The molecule has 17 heteroatoms. The van der Waals surface area contributed by atoms with Crippen LogP contribution in [0.4, 0.5) is 0 Å². The van der Waals surface area contributed by atoms with E-state index < -0.39 is 5.97 Å². The molecular weight excluding hydrogens is 861 g/mol. The summed E-state index contributed by atoms with van der Waals surface area (Å²) in [6.07, 6.45) is 8.03. The first-order valence-corrected chi connectivity index (χ1v) is 21.5. The number of piperidine rings is 2. The fraction of sp³-hybridized carbons (Fsp3) is 0.280. The van der Waals surface area contributed by atoms with Crippen molar-refractivity contribution in [2.24, 2.45) is 0 Å². The summed E-state index contributed by atoms with van der Waals surface area (Å²) in [7, 11) is 6.38. The number of benzene rings is 4. The Kier molecular flexibility index (Phi) is 17.7. The number of allylic oxidation sites excluding steroid dienone is 2. The Morgan fingerprint density at radius 2 is 1.01 bits per heavy atom. The number of rotatable bonds is 14. The molecule has 0 aliphatic carbocycles. The monoisotopic (exact) mass is 912 g/mol. The van der Waals surface area contributed by atoms with Gasteiger partial charge in [0.05, 0.1) is 28.4 Å². The van der Waals surface area contributed by atoms with E-state index in [0.717, 1.165) is 55.1 Å². The molecule has 0 bridgehead atoms. The molecule has 0 saturated carbocycles. The molecule has 4 aromatic carbocycles. The second-order valence-electron chi connectivity index (χ2n) is 15.1. The van der Waals surface area contributed by atoms with E-state index in [1.54, 1.807) is 100 Å². The Hall–Kier alpha value is -7.92. The molecule has 2 N–H and O–H groups in total. The minimum Gasteiger partial charge on any atom is -0.493 e. The average Bonchev–Trinajstić information content (AvgIpc) is 4.10. The topological polar surface area (TPSA) is 219 Å². The molecule has 67 heavy (non-hydrogen) atoms. The number of carboxylic acid groups (broad SMARTS) is 1. The van der Waals surface area contributed by atoms with Gasteiger partial charge in [-0.05, 0) is 87.3 Å². The van der Waals surface area contributed by atoms with E-state index in [2.05, 4.69) is 25.6 Å². The highest BCUT2D eigenvalue weighted by atomic mass is 16.5. The van der Waals surface area contributed by atoms with Crippen LogP contribution in [0.25, 0.3) is 22.8 Å². The Bertz CT molecular complexity index is 2630. The third-order valence-corrected chi connectivity index (χ3v) is 10.9. The smallest absolute Gasteiger partial charge is 0.328 e. The number of carbonyl (C=O) groups is 4. The molecule has 0 atom stereocenters. The van der Waals surface area contributed by atoms with Crippen molar-refractivity contribution in [2.75, 3.05) is 54.6 Å². The molecule has 17 nitrogen and oxygen atoms in total. The van der Waals surface area contributed by atoms with Crippen molar-refractivity contribution in [3.05, 3.63) is 144 Å². The second kappa shape index (κ2) is 24.4. The van der Waals surface area contributed by atoms with Gasteiger partial charge in [-0.2, -0.15) is 9.97 Å². The standard InChI is InChI=1S/C25H25N3O5.C15H19N3O3.C10H8O3/c1-31-21-10-8-19(16-22(21)32-2)24-26-25(33-27-24)18-12-14-28(15-13-18)23(30)11-9-20(29)17-6-4-3-5-7-17;1-19-12-4-3-11(9-13(12)20-2)14-17-15(21-18-14)10-5-7-16-8-6-10;11-9(6-7-10(12)13)8-4-2-1-3-5-8/h3-11,16,18H,12-15H2,1-2H3;3-4,9-10,16H,5-8H2,1-2H3;1-7H,(H,12,13)/b11-9+;;7-6+. The van der Waals surface area contributed by atoms with Gasteiger partial charge < -0.3 is 43.3 Å². The lowest BCUT2D eigenvalue weighted by Gasteiger charge is -2.29. The Labute approximate surface area is 387 Å². The number of aromatic nitrogens is 4. The molecule has 0 unspecified atom stereocenters. The van der Waals surface area contributed by atoms with Gasteiger partial charge in [-0.25, -0.2) is 4.79 Å². The third-order valence-electron chi connectivity index (χ3n) is 10.9. The number of hydrogen-bond donors (Lipinski definition) is 2. The van der Waals surface area contributed by atoms with Crippen LogP contribution < -0.4 is 24.3 Å². The van der Waals surface area contributed by atoms with Gasteiger partial charge in [-0.3, -0.25) is 14.4 Å². The lowest BCUT2D eigenvalue weighted by atomic mass is 9.96. The number of likely N-dealkylation sites (tertiary alicyclic amines) is 1. The van der Waals surface area contributed by atoms with Crippen LogP contribution in [-0.2, 0) is 9.59 Å². The van der Waals surface area contributed by atoms with Crippen molar-refractivity contribution < 1.29 is 52.3 Å². The summed E-state index contributed by atoms with van der Waals surface area (Å²) in [5, 5.41) is 19.8. The van der Waals surface area contributed by atoms with Crippen LogP contribution in [0.15, 0.2) is 130 Å². The highest BCUT2D eigenvalue weighted by Gasteiger charge is 2.27. The molecule has 348 valence electrons. The summed E-state index contributed by atoms with van der Waals surface area (Å²) in [6, 6.07) is 28.4. The van der Waals surface area contributed by atoms with Crippen molar-refractivity contribution in [3.63, 3.8) is 0 Å². The maximum absolute atomic E-state index is 12.5. The summed E-state index contributed by atoms with van der Waals surface area (Å²) in [5.74, 6) is 3.55. The number of amides is 1. The van der Waals surface area contributed by atoms with Crippen molar-refractivity contribution in [1.29, 1.82) is 0 Å². The number of aliphatic carboxylic acids is 1. The van der Waals surface area contributed by atoms with Crippen molar-refractivity contribution >= 4 is 23.4 Å². The Morgan fingerprint density at radius 3 is 1.45 bits per heavy atom. The summed E-state index contributed by atoms with van der Waals surface area (Å²) < 4.78 is 32.1. The maximum atomic E-state index is 12.5. The molecule has 2 aliphatic heterocycles. The summed E-state index contributed by atoms with van der Waals surface area (Å²) in [4.78, 5) is 56.8. The highest BCUT2D eigenvalue weighted by molar-refractivity contribution is 6.08. The fourth-order valence-corrected chi connectivity index (χ4v) is 7.20. The zero-order chi connectivity index (χ0) is 47.5. The number of carboxylic acids is 1. The van der Waals surface area contributed by atoms with Crippen LogP contribution in [-0.4, -0.2) is 108 Å². The van der Waals surface area contributed by atoms with Crippen LogP contribution in [0, 0.1) is 0 Å². The van der Waals surface area contributed by atoms with E-state index >= 15 is 0 Å². The van der Waals surface area contributed by atoms with Crippen LogP contribution in [0.1, 0.15) is 70.0 Å². The molecule has 1 amide bonds. The first-order valence-electron chi connectivity index (χ1n) is 21.5. The Balaban J connectivity index is 0.000000185. The Morgan fingerprint density at radius 1 is 0.582 bits per heavy atom. The first-order chi connectivity index (χ1) is 32.6. The normalized spacial score (nSPS) is 14.1. The zero-order valence-corrected chi connectivity index (χ0v) is 37.6. The minimum absolute atomic E-state index is 0.0744. The number of hydrogen-bond acceptors (Lipinski definition) is 15. The second-order valence-corrected chi connectivity index (χ2v) is 15.1.